The predicted molar refractivity (Wildman–Crippen MR) is 278 cm³/mol. The minimum atomic E-state index is -1.43. The normalized spacial score (nSPS) is 23.8. The smallest absolute Gasteiger partial charge is 0.187 e. The quantitative estimate of drug-likeness (QED) is 0.0556. The molecule has 386 valence electrons. The van der Waals surface area contributed by atoms with E-state index in [-0.39, 0.29) is 52.9 Å². The molecule has 0 spiro atoms. The van der Waals surface area contributed by atoms with E-state index >= 15 is 0 Å². The van der Waals surface area contributed by atoms with Gasteiger partial charge in [-0.15, -0.1) is 0 Å². The van der Waals surface area contributed by atoms with Gasteiger partial charge in [0, 0.05) is 0 Å². The molecule has 0 aliphatic carbocycles. The Morgan fingerprint density at radius 1 is 0.324 bits per heavy atom. The summed E-state index contributed by atoms with van der Waals surface area (Å²) in [6, 6.07) is 67.3. The van der Waals surface area contributed by atoms with E-state index in [1.54, 1.807) is 7.11 Å². The van der Waals surface area contributed by atoms with E-state index in [0.717, 1.165) is 44.7 Å². The van der Waals surface area contributed by atoms with E-state index in [4.69, 9.17) is 52.1 Å². The van der Waals surface area contributed by atoms with Gasteiger partial charge in [-0.3, -0.25) is 0 Å². The number of aliphatic hydroxyl groups excluding tert-OH is 1. The first-order valence-corrected chi connectivity index (χ1v) is 25.3. The first-order valence-electron chi connectivity index (χ1n) is 25.3. The highest BCUT2D eigenvalue weighted by Gasteiger charge is 2.52. The van der Waals surface area contributed by atoms with Gasteiger partial charge in [0.1, 0.15) is 54.6 Å². The van der Waals surface area contributed by atoms with Crippen molar-refractivity contribution >= 4 is 0 Å². The van der Waals surface area contributed by atoms with Crippen molar-refractivity contribution in [1.82, 2.24) is 0 Å². The van der Waals surface area contributed by atoms with Crippen molar-refractivity contribution in [3.63, 3.8) is 0 Å². The summed E-state index contributed by atoms with van der Waals surface area (Å²) in [5.74, 6) is 0.724. The molecule has 2 saturated heterocycles. The molecule has 2 fully saturated rings. The van der Waals surface area contributed by atoms with Gasteiger partial charge in [-0.2, -0.15) is 0 Å². The molecule has 0 aromatic heterocycles. The molecule has 12 heteroatoms. The van der Waals surface area contributed by atoms with Crippen LogP contribution in [0.25, 0.3) is 0 Å². The second-order valence-electron chi connectivity index (χ2n) is 18.4. The van der Waals surface area contributed by atoms with E-state index < -0.39 is 61.4 Å². The highest BCUT2D eigenvalue weighted by Crippen LogP contribution is 2.35. The molecule has 0 radical (unpaired) electrons. The second-order valence-corrected chi connectivity index (χ2v) is 18.4. The van der Waals surface area contributed by atoms with Crippen LogP contribution in [0.4, 0.5) is 0 Å². The van der Waals surface area contributed by atoms with E-state index in [1.165, 1.54) is 0 Å². The average Bonchev–Trinajstić information content (AvgIpc) is 3.46. The van der Waals surface area contributed by atoms with Gasteiger partial charge in [0.05, 0.1) is 66.6 Å². The fourth-order valence-electron chi connectivity index (χ4n) is 9.12. The van der Waals surface area contributed by atoms with Crippen LogP contribution in [0.5, 0.6) is 5.75 Å². The van der Waals surface area contributed by atoms with Crippen molar-refractivity contribution in [2.45, 2.75) is 108 Å². The molecule has 10 atom stereocenters. The number of methoxy groups -OCH3 is 1. The number of rotatable bonds is 26. The highest BCUT2D eigenvalue weighted by molar-refractivity contribution is 5.27. The Bertz CT molecular complexity index is 2620. The first kappa shape index (κ1) is 52.8. The Balaban J connectivity index is 1.04. The first-order chi connectivity index (χ1) is 36.6. The number of aliphatic hydroxyl groups is 1. The summed E-state index contributed by atoms with van der Waals surface area (Å²) < 4.78 is 73.5. The molecule has 2 aliphatic rings. The predicted octanol–water partition coefficient (Wildman–Crippen LogP) is 10.2. The highest BCUT2D eigenvalue weighted by atomic mass is 16.7. The van der Waals surface area contributed by atoms with Gasteiger partial charge in [-0.1, -0.05) is 194 Å². The summed E-state index contributed by atoms with van der Waals surface area (Å²) in [7, 11) is 1.63. The third-order valence-electron chi connectivity index (χ3n) is 13.0. The lowest BCUT2D eigenvalue weighted by atomic mass is 9.97. The molecule has 0 bridgehead atoms. The molecule has 2 aliphatic heterocycles. The van der Waals surface area contributed by atoms with E-state index in [0.29, 0.717) is 6.61 Å². The lowest BCUT2D eigenvalue weighted by Crippen LogP contribution is -2.63. The molecule has 0 saturated carbocycles. The SMILES string of the molecule is COc1ccc(CO[C@H]2[C@H](OCc3ccccc3)[C@@H](OCc3ccccc3)[C@@H](O)O[C@@H]2CO[C@H]2O[C@H](COCc3ccccc3)[C@@H](OCc3ccccc3)[C@H](OCc3ccccc3)[C@H]2OCc2ccccc2)cc1. The fraction of sp³-hybridized carbons (Fsp3) is 0.323. The standard InChI is InChI=1S/C62H66O12/c1-64-52-34-32-51(33-35-52)42-67-56-54(73-61(63)59(70-40-49-28-16-6-17-29-49)57(56)68-38-47-24-12-4-13-25-47)44-72-62-60(71-41-50-30-18-7-19-31-50)58(69-39-48-26-14-5-15-27-48)55(66-37-46-22-10-3-11-23-46)53(74-62)43-65-36-45-20-8-2-9-21-45/h2-35,53-63H,36-44H2,1H3/t53-,54-,55-,56-,57+,58+,59-,60-,61+,62+/m1/s1. The Kier molecular flexibility index (Phi) is 19.9. The maximum atomic E-state index is 12.0. The summed E-state index contributed by atoms with van der Waals surface area (Å²) in [5.41, 5.74) is 6.69. The molecule has 0 amide bonds. The average molecular weight is 1000 g/mol. The molecule has 74 heavy (non-hydrogen) atoms. The largest absolute Gasteiger partial charge is 0.497 e. The van der Waals surface area contributed by atoms with Crippen molar-refractivity contribution in [2.75, 3.05) is 20.3 Å². The van der Waals surface area contributed by atoms with Crippen molar-refractivity contribution < 1.29 is 57.2 Å². The maximum absolute atomic E-state index is 12.0. The van der Waals surface area contributed by atoms with Crippen LogP contribution >= 0.6 is 0 Å². The zero-order chi connectivity index (χ0) is 50.6. The second kappa shape index (κ2) is 28.0. The lowest BCUT2D eigenvalue weighted by molar-refractivity contribution is -0.349. The van der Waals surface area contributed by atoms with Crippen LogP contribution in [-0.4, -0.2) is 86.8 Å². The number of ether oxygens (including phenoxy) is 11. The van der Waals surface area contributed by atoms with Crippen LogP contribution in [-0.2, 0) is 93.6 Å². The minimum absolute atomic E-state index is 0.116. The summed E-state index contributed by atoms with van der Waals surface area (Å²) in [6.45, 7) is 1.74. The van der Waals surface area contributed by atoms with Gasteiger partial charge >= 0.3 is 0 Å². The third-order valence-corrected chi connectivity index (χ3v) is 13.0. The Hall–Kier alpha value is -6.10. The summed E-state index contributed by atoms with van der Waals surface area (Å²) in [4.78, 5) is 0. The van der Waals surface area contributed by atoms with Gasteiger partial charge in [0.2, 0.25) is 0 Å². The zero-order valence-corrected chi connectivity index (χ0v) is 41.7. The summed E-state index contributed by atoms with van der Waals surface area (Å²) >= 11 is 0. The van der Waals surface area contributed by atoms with Crippen LogP contribution in [0.15, 0.2) is 206 Å². The molecule has 0 unspecified atom stereocenters. The van der Waals surface area contributed by atoms with Crippen molar-refractivity contribution in [3.05, 3.63) is 245 Å². The van der Waals surface area contributed by atoms with Gasteiger partial charge in [0.25, 0.3) is 0 Å². The molecule has 7 aromatic rings. The van der Waals surface area contributed by atoms with E-state index in [1.807, 2.05) is 206 Å². The lowest BCUT2D eigenvalue weighted by Gasteiger charge is -2.47. The molecule has 7 aromatic carbocycles. The molecular formula is C62H66O12. The Morgan fingerprint density at radius 2 is 0.649 bits per heavy atom. The molecule has 2 heterocycles. The van der Waals surface area contributed by atoms with Gasteiger partial charge < -0.3 is 57.2 Å². The van der Waals surface area contributed by atoms with Crippen LogP contribution in [0.1, 0.15) is 38.9 Å². The molecule has 12 nitrogen and oxygen atoms in total. The van der Waals surface area contributed by atoms with Gasteiger partial charge in [-0.05, 0) is 51.1 Å². The van der Waals surface area contributed by atoms with Gasteiger partial charge in [-0.25, -0.2) is 0 Å². The topological polar surface area (TPSA) is 122 Å². The zero-order valence-electron chi connectivity index (χ0n) is 41.7. The molecular weight excluding hydrogens is 937 g/mol. The number of hydrogen-bond acceptors (Lipinski definition) is 12. The summed E-state index contributed by atoms with van der Waals surface area (Å²) in [6.07, 6.45) is -8.93. The Labute approximate surface area is 434 Å². The van der Waals surface area contributed by atoms with Crippen LogP contribution < -0.4 is 4.74 Å². The number of benzene rings is 7. The van der Waals surface area contributed by atoms with Crippen molar-refractivity contribution in [3.8, 4) is 5.75 Å². The fourth-order valence-corrected chi connectivity index (χ4v) is 9.12. The van der Waals surface area contributed by atoms with Crippen molar-refractivity contribution in [2.24, 2.45) is 0 Å². The number of hydrogen-bond donors (Lipinski definition) is 1. The van der Waals surface area contributed by atoms with Gasteiger partial charge in [0.15, 0.2) is 12.6 Å². The molecule has 1 N–H and O–H groups in total. The van der Waals surface area contributed by atoms with E-state index in [2.05, 4.69) is 0 Å². The monoisotopic (exact) mass is 1000 g/mol. The Morgan fingerprint density at radius 3 is 1.05 bits per heavy atom. The minimum Gasteiger partial charge on any atom is -0.497 e. The van der Waals surface area contributed by atoms with Crippen molar-refractivity contribution in [1.29, 1.82) is 0 Å². The van der Waals surface area contributed by atoms with Crippen LogP contribution in [0.2, 0.25) is 0 Å². The van der Waals surface area contributed by atoms with Crippen LogP contribution in [0, 0.1) is 0 Å². The van der Waals surface area contributed by atoms with E-state index in [9.17, 15) is 5.11 Å². The third kappa shape index (κ3) is 15.3. The maximum Gasteiger partial charge on any atom is 0.187 e. The molecule has 9 rings (SSSR count). The van der Waals surface area contributed by atoms with Crippen LogP contribution in [0.3, 0.4) is 0 Å². The summed E-state index contributed by atoms with van der Waals surface area (Å²) in [5, 5.41) is 12.0.